The smallest absolute Gasteiger partial charge is 0.153 e. The van der Waals surface area contributed by atoms with E-state index in [4.69, 9.17) is 0 Å². The molecule has 1 unspecified atom stereocenters. The minimum absolute atomic E-state index is 0.182. The van der Waals surface area contributed by atoms with Crippen molar-refractivity contribution in [3.8, 4) is 0 Å². The second-order valence-corrected chi connectivity index (χ2v) is 13.0. The standard InChI is InChI=1S/C5H9I2NOS/c1-5(6,7)10(9)4-2-3-8-10/h2-4H2,1H3. The quantitative estimate of drug-likeness (QED) is 0.504. The summed E-state index contributed by atoms with van der Waals surface area (Å²) in [6.07, 6.45) is 1.00. The van der Waals surface area contributed by atoms with Gasteiger partial charge in [-0.1, -0.05) is 45.2 Å². The van der Waals surface area contributed by atoms with Gasteiger partial charge < -0.3 is 0 Å². The Morgan fingerprint density at radius 2 is 2.20 bits per heavy atom. The van der Waals surface area contributed by atoms with Crippen molar-refractivity contribution in [2.75, 3.05) is 12.3 Å². The zero-order valence-corrected chi connectivity index (χ0v) is 10.8. The van der Waals surface area contributed by atoms with E-state index in [-0.39, 0.29) is 0.760 Å². The van der Waals surface area contributed by atoms with Crippen LogP contribution in [-0.4, -0.2) is 17.3 Å². The minimum atomic E-state index is -1.87. The van der Waals surface area contributed by atoms with Gasteiger partial charge in [-0.3, -0.25) is 0 Å². The number of rotatable bonds is 1. The maximum atomic E-state index is 11.8. The Kier molecular flexibility index (Phi) is 2.89. The average molecular weight is 385 g/mol. The van der Waals surface area contributed by atoms with Gasteiger partial charge >= 0.3 is 0 Å². The van der Waals surface area contributed by atoms with Crippen LogP contribution in [0.4, 0.5) is 0 Å². The molecule has 2 nitrogen and oxygen atoms in total. The lowest BCUT2D eigenvalue weighted by Gasteiger charge is -2.16. The summed E-state index contributed by atoms with van der Waals surface area (Å²) < 4.78 is 15.8. The second-order valence-electron chi connectivity index (χ2n) is 2.36. The van der Waals surface area contributed by atoms with E-state index in [0.29, 0.717) is 0 Å². The van der Waals surface area contributed by atoms with Crippen molar-refractivity contribution in [2.45, 2.75) is 14.1 Å². The van der Waals surface area contributed by atoms with E-state index in [1.807, 2.05) is 6.92 Å². The number of nitrogens with zero attached hydrogens (tertiary/aromatic N) is 1. The van der Waals surface area contributed by atoms with E-state index < -0.39 is 9.73 Å². The third-order valence-corrected chi connectivity index (χ3v) is 8.13. The maximum absolute atomic E-state index is 11.8. The van der Waals surface area contributed by atoms with Gasteiger partial charge in [-0.15, -0.1) is 0 Å². The first-order valence-corrected chi connectivity index (χ1v) is 6.88. The molecule has 0 aromatic rings. The van der Waals surface area contributed by atoms with Gasteiger partial charge in [0.25, 0.3) is 0 Å². The van der Waals surface area contributed by atoms with Crippen molar-refractivity contribution in [1.82, 2.24) is 0 Å². The number of alkyl halides is 2. The largest absolute Gasteiger partial charge is 0.248 e. The van der Waals surface area contributed by atoms with Gasteiger partial charge in [-0.05, 0) is 13.3 Å². The van der Waals surface area contributed by atoms with Crippen LogP contribution in [0.5, 0.6) is 0 Å². The van der Waals surface area contributed by atoms with Crippen LogP contribution in [0.2, 0.25) is 0 Å². The Bertz CT molecular complexity index is 237. The van der Waals surface area contributed by atoms with E-state index in [9.17, 15) is 4.21 Å². The van der Waals surface area contributed by atoms with E-state index >= 15 is 0 Å². The summed E-state index contributed by atoms with van der Waals surface area (Å²) >= 11 is 4.43. The van der Waals surface area contributed by atoms with Crippen molar-refractivity contribution in [3.05, 3.63) is 0 Å². The molecule has 0 aromatic carbocycles. The molecular weight excluding hydrogens is 376 g/mol. The topological polar surface area (TPSA) is 29.4 Å². The fourth-order valence-electron chi connectivity index (χ4n) is 0.829. The summed E-state index contributed by atoms with van der Waals surface area (Å²) in [6, 6.07) is 0. The molecule has 0 spiro atoms. The first-order chi connectivity index (χ1) is 4.46. The van der Waals surface area contributed by atoms with E-state index in [1.165, 1.54) is 0 Å². The third kappa shape index (κ3) is 1.77. The lowest BCUT2D eigenvalue weighted by Crippen LogP contribution is -2.20. The van der Waals surface area contributed by atoms with Crippen molar-refractivity contribution in [2.24, 2.45) is 4.36 Å². The minimum Gasteiger partial charge on any atom is -0.248 e. The predicted octanol–water partition coefficient (Wildman–Crippen LogP) is 2.40. The molecule has 0 amide bonds. The molecule has 5 heteroatoms. The molecule has 0 bridgehead atoms. The van der Waals surface area contributed by atoms with E-state index in [0.717, 1.165) is 18.7 Å². The molecule has 1 aliphatic heterocycles. The predicted molar refractivity (Wildman–Crippen MR) is 61.4 cm³/mol. The molecule has 0 fully saturated rings. The Labute approximate surface area is 89.0 Å². The van der Waals surface area contributed by atoms with Gasteiger partial charge in [0.1, 0.15) is 0 Å². The average Bonchev–Trinajstić information content (AvgIpc) is 2.13. The van der Waals surface area contributed by atoms with Crippen LogP contribution in [0.3, 0.4) is 0 Å². The van der Waals surface area contributed by atoms with Crippen LogP contribution in [0, 0.1) is 0 Å². The second kappa shape index (κ2) is 3.04. The molecule has 1 aliphatic rings. The van der Waals surface area contributed by atoms with Crippen LogP contribution >= 0.6 is 45.2 Å². The summed E-state index contributed by atoms with van der Waals surface area (Å²) in [4.78, 5) is 0. The normalized spacial score (nSPS) is 33.9. The number of hydrogen-bond acceptors (Lipinski definition) is 2. The van der Waals surface area contributed by atoms with Gasteiger partial charge in [0.05, 0.1) is 9.73 Å². The molecule has 60 valence electrons. The SMILES string of the molecule is CC(I)(I)S1(=O)=NCCC1. The van der Waals surface area contributed by atoms with Crippen LogP contribution in [0.15, 0.2) is 4.36 Å². The molecule has 0 saturated carbocycles. The Hall–Kier alpha value is 1.41. The van der Waals surface area contributed by atoms with Crippen LogP contribution < -0.4 is 0 Å². The van der Waals surface area contributed by atoms with Crippen LogP contribution in [-0.2, 0) is 9.73 Å². The Balaban J connectivity index is 3.00. The molecule has 0 N–H and O–H groups in total. The van der Waals surface area contributed by atoms with Gasteiger partial charge in [0.15, 0.2) is 0.760 Å². The van der Waals surface area contributed by atoms with Crippen molar-refractivity contribution < 1.29 is 4.21 Å². The third-order valence-electron chi connectivity index (χ3n) is 1.44. The highest BCUT2D eigenvalue weighted by molar-refractivity contribution is 14.2. The Morgan fingerprint density at radius 3 is 2.40 bits per heavy atom. The van der Waals surface area contributed by atoms with E-state index in [2.05, 4.69) is 49.5 Å². The highest BCUT2D eigenvalue weighted by Crippen LogP contribution is 2.37. The lowest BCUT2D eigenvalue weighted by molar-refractivity contribution is 0.678. The maximum Gasteiger partial charge on any atom is 0.153 e. The van der Waals surface area contributed by atoms with Gasteiger partial charge in [-0.25, -0.2) is 8.57 Å². The zero-order valence-electron chi connectivity index (χ0n) is 5.64. The molecule has 0 aromatic heterocycles. The first kappa shape index (κ1) is 9.50. The first-order valence-electron chi connectivity index (χ1n) is 3.04. The molecule has 1 atom stereocenters. The Morgan fingerprint density at radius 1 is 1.60 bits per heavy atom. The van der Waals surface area contributed by atoms with Crippen molar-refractivity contribution >= 4 is 54.9 Å². The van der Waals surface area contributed by atoms with Gasteiger partial charge in [0, 0.05) is 12.3 Å². The van der Waals surface area contributed by atoms with Crippen LogP contribution in [0.1, 0.15) is 13.3 Å². The number of hydrogen-bond donors (Lipinski definition) is 0. The molecule has 0 aliphatic carbocycles. The summed E-state index contributed by atoms with van der Waals surface area (Å²) in [7, 11) is -1.87. The fraction of sp³-hybridized carbons (Fsp3) is 1.00. The van der Waals surface area contributed by atoms with Crippen molar-refractivity contribution in [1.29, 1.82) is 0 Å². The molecular formula is C5H9I2NOS. The molecule has 0 radical (unpaired) electrons. The van der Waals surface area contributed by atoms with Crippen molar-refractivity contribution in [3.63, 3.8) is 0 Å². The van der Waals surface area contributed by atoms with E-state index in [1.54, 1.807) is 0 Å². The summed E-state index contributed by atoms with van der Waals surface area (Å²) in [5, 5.41) is 0. The lowest BCUT2D eigenvalue weighted by atomic mass is 10.5. The van der Waals surface area contributed by atoms with Crippen LogP contribution in [0.25, 0.3) is 0 Å². The molecule has 10 heavy (non-hydrogen) atoms. The molecule has 1 rings (SSSR count). The molecule has 1 heterocycles. The highest BCUT2D eigenvalue weighted by Gasteiger charge is 2.32. The fourth-order valence-corrected chi connectivity index (χ4v) is 4.64. The summed E-state index contributed by atoms with van der Waals surface area (Å²) in [5.41, 5.74) is 0. The molecule has 0 saturated heterocycles. The summed E-state index contributed by atoms with van der Waals surface area (Å²) in [6.45, 7) is 2.77. The monoisotopic (exact) mass is 385 g/mol. The highest BCUT2D eigenvalue weighted by atomic mass is 127. The van der Waals surface area contributed by atoms with Gasteiger partial charge in [0.2, 0.25) is 0 Å². The van der Waals surface area contributed by atoms with Gasteiger partial charge in [-0.2, -0.15) is 0 Å². The number of halogens is 2. The summed E-state index contributed by atoms with van der Waals surface area (Å²) in [5.74, 6) is 0.787. The zero-order chi connectivity index (χ0) is 7.83.